The van der Waals surface area contributed by atoms with Crippen LogP contribution in [0.25, 0.3) is 10.9 Å². The molecule has 0 aliphatic heterocycles. The van der Waals surface area contributed by atoms with E-state index in [1.54, 1.807) is 6.07 Å². The fourth-order valence-corrected chi connectivity index (χ4v) is 2.09. The summed E-state index contributed by atoms with van der Waals surface area (Å²) in [6, 6.07) is 3.20. The van der Waals surface area contributed by atoms with Gasteiger partial charge in [-0.3, -0.25) is 9.36 Å². The molecule has 2 rings (SSSR count). The van der Waals surface area contributed by atoms with E-state index in [2.05, 4.69) is 0 Å². The van der Waals surface area contributed by atoms with Crippen molar-refractivity contribution in [1.29, 1.82) is 0 Å². The van der Waals surface area contributed by atoms with Gasteiger partial charge in [0.15, 0.2) is 0 Å². The van der Waals surface area contributed by atoms with E-state index in [9.17, 15) is 26.7 Å². The van der Waals surface area contributed by atoms with Crippen LogP contribution in [0, 0.1) is 0 Å². The van der Waals surface area contributed by atoms with Crippen LogP contribution in [0.2, 0.25) is 0 Å². The molecule has 3 nitrogen and oxygen atoms in total. The molecule has 0 saturated carbocycles. The van der Waals surface area contributed by atoms with Gasteiger partial charge in [0.2, 0.25) is 5.91 Å². The number of nitrogens with two attached hydrogens (primary N) is 1. The average molecular weight is 306 g/mol. The van der Waals surface area contributed by atoms with Gasteiger partial charge in [-0.05, 0) is 6.07 Å². The highest BCUT2D eigenvalue weighted by Gasteiger charge is 2.62. The second-order valence-corrected chi connectivity index (χ2v) is 4.59. The highest BCUT2D eigenvalue weighted by molar-refractivity contribution is 5.93. The molecule has 1 aromatic heterocycles. The summed E-state index contributed by atoms with van der Waals surface area (Å²) in [5, 5.41) is 0.0872. The molecule has 0 unspecified atom stereocenters. The van der Waals surface area contributed by atoms with Gasteiger partial charge in [0.25, 0.3) is 0 Å². The standard InChI is InChI=1S/C13H11F5N2O/c1-7(21)20-6-9(8-4-2-3-5-10(8)20)11(19)12(14,15)13(16,17)18/h2-6,11H,19H2,1H3/t11-/m0/s1. The Labute approximate surface area is 116 Å². The van der Waals surface area contributed by atoms with Crippen LogP contribution >= 0.6 is 0 Å². The molecule has 2 aromatic rings. The smallest absolute Gasteiger partial charge is 0.319 e. The van der Waals surface area contributed by atoms with Crippen LogP contribution in [0.15, 0.2) is 30.5 Å². The number of carbonyl (C=O) groups excluding carboxylic acids is 1. The van der Waals surface area contributed by atoms with Crippen molar-refractivity contribution in [2.24, 2.45) is 5.73 Å². The van der Waals surface area contributed by atoms with Gasteiger partial charge in [-0.15, -0.1) is 0 Å². The van der Waals surface area contributed by atoms with E-state index in [0.717, 1.165) is 10.8 Å². The fourth-order valence-electron chi connectivity index (χ4n) is 2.09. The molecule has 114 valence electrons. The molecule has 0 spiro atoms. The number of halogens is 5. The first-order valence-electron chi connectivity index (χ1n) is 5.88. The molecular weight excluding hydrogens is 295 g/mol. The highest BCUT2D eigenvalue weighted by Crippen LogP contribution is 2.44. The van der Waals surface area contributed by atoms with Crippen LogP contribution in [-0.4, -0.2) is 22.6 Å². The van der Waals surface area contributed by atoms with E-state index in [0.29, 0.717) is 0 Å². The van der Waals surface area contributed by atoms with Crippen LogP contribution in [0.4, 0.5) is 22.0 Å². The SMILES string of the molecule is CC(=O)n1cc([C@H](N)C(F)(F)C(F)(F)F)c2ccccc21. The molecule has 21 heavy (non-hydrogen) atoms. The minimum atomic E-state index is -5.77. The van der Waals surface area contributed by atoms with Crippen molar-refractivity contribution in [1.82, 2.24) is 4.57 Å². The number of hydrogen-bond donors (Lipinski definition) is 1. The molecule has 0 saturated heterocycles. The number of alkyl halides is 5. The molecule has 1 heterocycles. The third-order valence-corrected chi connectivity index (χ3v) is 3.19. The number of nitrogens with zero attached hydrogens (tertiary/aromatic N) is 1. The first kappa shape index (κ1) is 15.4. The molecule has 0 bridgehead atoms. The van der Waals surface area contributed by atoms with Crippen LogP contribution in [0.1, 0.15) is 23.3 Å². The van der Waals surface area contributed by atoms with Gasteiger partial charge in [-0.2, -0.15) is 22.0 Å². The predicted octanol–water partition coefficient (Wildman–Crippen LogP) is 3.50. The van der Waals surface area contributed by atoms with Crippen LogP contribution < -0.4 is 5.73 Å². The Morgan fingerprint density at radius 2 is 1.76 bits per heavy atom. The number of rotatable bonds is 2. The van der Waals surface area contributed by atoms with Crippen molar-refractivity contribution in [3.05, 3.63) is 36.0 Å². The number of para-hydroxylation sites is 1. The third kappa shape index (κ3) is 2.39. The molecule has 0 radical (unpaired) electrons. The lowest BCUT2D eigenvalue weighted by atomic mass is 10.0. The van der Waals surface area contributed by atoms with Gasteiger partial charge in [0, 0.05) is 24.1 Å². The molecule has 0 amide bonds. The average Bonchev–Trinajstić information content (AvgIpc) is 2.76. The van der Waals surface area contributed by atoms with E-state index in [1.165, 1.54) is 25.1 Å². The topological polar surface area (TPSA) is 48.0 Å². The second kappa shape index (κ2) is 4.80. The normalized spacial score (nSPS) is 14.4. The molecule has 0 aliphatic rings. The minimum Gasteiger partial charge on any atom is -0.319 e. The second-order valence-electron chi connectivity index (χ2n) is 4.59. The summed E-state index contributed by atoms with van der Waals surface area (Å²) in [7, 11) is 0. The van der Waals surface area contributed by atoms with Gasteiger partial charge < -0.3 is 5.73 Å². The van der Waals surface area contributed by atoms with Crippen molar-refractivity contribution in [3.63, 3.8) is 0 Å². The van der Waals surface area contributed by atoms with Crippen molar-refractivity contribution in [2.45, 2.75) is 25.1 Å². The van der Waals surface area contributed by atoms with Crippen LogP contribution in [0.3, 0.4) is 0 Å². The highest BCUT2D eigenvalue weighted by atomic mass is 19.4. The number of aromatic nitrogens is 1. The monoisotopic (exact) mass is 306 g/mol. The molecular formula is C13H11F5N2O. The Morgan fingerprint density at radius 1 is 1.19 bits per heavy atom. The van der Waals surface area contributed by atoms with Crippen molar-refractivity contribution in [3.8, 4) is 0 Å². The minimum absolute atomic E-state index is 0.0872. The fraction of sp³-hybridized carbons (Fsp3) is 0.308. The quantitative estimate of drug-likeness (QED) is 0.863. The predicted molar refractivity (Wildman–Crippen MR) is 66.2 cm³/mol. The first-order chi connectivity index (χ1) is 9.57. The number of benzene rings is 1. The van der Waals surface area contributed by atoms with E-state index < -0.39 is 29.6 Å². The Hall–Kier alpha value is -1.96. The van der Waals surface area contributed by atoms with Gasteiger partial charge in [-0.25, -0.2) is 0 Å². The largest absolute Gasteiger partial charge is 0.455 e. The summed E-state index contributed by atoms with van der Waals surface area (Å²) in [5.74, 6) is -5.61. The maximum absolute atomic E-state index is 13.4. The zero-order valence-electron chi connectivity index (χ0n) is 10.8. The van der Waals surface area contributed by atoms with Gasteiger partial charge in [-0.1, -0.05) is 18.2 Å². The molecule has 0 fully saturated rings. The lowest BCUT2D eigenvalue weighted by Gasteiger charge is -2.25. The number of carbonyl (C=O) groups is 1. The summed E-state index contributed by atoms with van der Waals surface area (Å²) in [6.07, 6.45) is -4.84. The number of fused-ring (bicyclic) bond motifs is 1. The Balaban J connectivity index is 2.65. The maximum atomic E-state index is 13.4. The summed E-state index contributed by atoms with van der Waals surface area (Å²) in [5.41, 5.74) is 4.95. The summed E-state index contributed by atoms with van der Waals surface area (Å²) in [6.45, 7) is 1.17. The summed E-state index contributed by atoms with van der Waals surface area (Å²) >= 11 is 0. The lowest BCUT2D eigenvalue weighted by Crippen LogP contribution is -2.45. The van der Waals surface area contributed by atoms with Crippen molar-refractivity contribution in [2.75, 3.05) is 0 Å². The zero-order chi connectivity index (χ0) is 16.0. The zero-order valence-corrected chi connectivity index (χ0v) is 10.8. The molecule has 0 aliphatic carbocycles. The van der Waals surface area contributed by atoms with Gasteiger partial charge >= 0.3 is 12.1 Å². The summed E-state index contributed by atoms with van der Waals surface area (Å²) in [4.78, 5) is 11.5. The lowest BCUT2D eigenvalue weighted by molar-refractivity contribution is -0.290. The van der Waals surface area contributed by atoms with Crippen molar-refractivity contribution < 1.29 is 26.7 Å². The summed E-state index contributed by atoms with van der Waals surface area (Å²) < 4.78 is 65.1. The molecule has 8 heteroatoms. The molecule has 1 atom stereocenters. The Morgan fingerprint density at radius 3 is 2.29 bits per heavy atom. The number of hydrogen-bond acceptors (Lipinski definition) is 2. The van der Waals surface area contributed by atoms with Crippen LogP contribution in [0.5, 0.6) is 0 Å². The van der Waals surface area contributed by atoms with Gasteiger partial charge in [0.1, 0.15) is 6.04 Å². The van der Waals surface area contributed by atoms with Crippen LogP contribution in [-0.2, 0) is 0 Å². The first-order valence-corrected chi connectivity index (χ1v) is 5.88. The van der Waals surface area contributed by atoms with Crippen molar-refractivity contribution >= 4 is 16.8 Å². The van der Waals surface area contributed by atoms with E-state index in [-0.39, 0.29) is 10.9 Å². The molecule has 2 N–H and O–H groups in total. The Kier molecular flexibility index (Phi) is 3.53. The van der Waals surface area contributed by atoms with E-state index in [1.807, 2.05) is 0 Å². The van der Waals surface area contributed by atoms with Gasteiger partial charge in [0.05, 0.1) is 5.52 Å². The maximum Gasteiger partial charge on any atom is 0.455 e. The molecule has 1 aromatic carbocycles. The third-order valence-electron chi connectivity index (χ3n) is 3.19. The van der Waals surface area contributed by atoms with E-state index >= 15 is 0 Å². The van der Waals surface area contributed by atoms with E-state index in [4.69, 9.17) is 5.73 Å². The Bertz CT molecular complexity index is 689.